The first-order valence-corrected chi connectivity index (χ1v) is 4.57. The van der Waals surface area contributed by atoms with Crippen LogP contribution in [0.4, 0.5) is 0 Å². The van der Waals surface area contributed by atoms with E-state index in [4.69, 9.17) is 0 Å². The van der Waals surface area contributed by atoms with Gasteiger partial charge in [-0.25, -0.2) is 0 Å². The Kier molecular flexibility index (Phi) is 2.01. The van der Waals surface area contributed by atoms with Crippen LogP contribution in [0.15, 0.2) is 24.8 Å². The third kappa shape index (κ3) is 1.42. The zero-order chi connectivity index (χ0) is 9.26. The Balaban J connectivity index is 2.51. The van der Waals surface area contributed by atoms with Gasteiger partial charge in [0.05, 0.1) is 0 Å². The lowest BCUT2D eigenvalue weighted by atomic mass is 9.87. The highest BCUT2D eigenvalue weighted by atomic mass is 16.1. The second-order valence-corrected chi connectivity index (χ2v) is 3.49. The summed E-state index contributed by atoms with van der Waals surface area (Å²) in [5.41, 5.74) is 4.50. The summed E-state index contributed by atoms with van der Waals surface area (Å²) in [4.78, 5) is 10.6. The maximum Gasteiger partial charge on any atom is 0.150 e. The molecule has 0 saturated carbocycles. The van der Waals surface area contributed by atoms with Crippen LogP contribution in [-0.4, -0.2) is 6.29 Å². The van der Waals surface area contributed by atoms with Crippen LogP contribution in [0, 0.1) is 0 Å². The summed E-state index contributed by atoms with van der Waals surface area (Å²) in [6.07, 6.45) is 4.23. The smallest absolute Gasteiger partial charge is 0.150 e. The average molecular weight is 172 g/mol. The molecule has 1 nitrogen and oxygen atoms in total. The van der Waals surface area contributed by atoms with Crippen molar-refractivity contribution in [3.8, 4) is 0 Å². The van der Waals surface area contributed by atoms with E-state index >= 15 is 0 Å². The van der Waals surface area contributed by atoms with E-state index in [0.29, 0.717) is 0 Å². The van der Waals surface area contributed by atoms with Crippen LogP contribution >= 0.6 is 0 Å². The summed E-state index contributed by atoms with van der Waals surface area (Å²) in [5, 5.41) is 0. The van der Waals surface area contributed by atoms with Gasteiger partial charge in [-0.3, -0.25) is 4.79 Å². The number of hydrogen-bond donors (Lipinski definition) is 0. The molecule has 1 heteroatoms. The zero-order valence-electron chi connectivity index (χ0n) is 7.55. The summed E-state index contributed by atoms with van der Waals surface area (Å²) in [5.74, 6) is 0. The first kappa shape index (κ1) is 8.24. The van der Waals surface area contributed by atoms with Crippen LogP contribution < -0.4 is 0 Å². The van der Waals surface area contributed by atoms with Gasteiger partial charge < -0.3 is 0 Å². The number of benzene rings is 1. The van der Waals surface area contributed by atoms with Gasteiger partial charge in [-0.05, 0) is 42.0 Å². The molecule has 0 unspecified atom stereocenters. The number of rotatable bonds is 1. The summed E-state index contributed by atoms with van der Waals surface area (Å²) < 4.78 is 0. The number of carbonyl (C=O) groups excluding carboxylic acids is 1. The Hall–Kier alpha value is -1.37. The maximum atomic E-state index is 10.6. The molecule has 0 spiro atoms. The van der Waals surface area contributed by atoms with Crippen LogP contribution in [-0.2, 0) is 6.42 Å². The molecule has 1 aromatic carbocycles. The molecule has 0 aromatic heterocycles. The Morgan fingerprint density at radius 1 is 1.31 bits per heavy atom. The van der Waals surface area contributed by atoms with E-state index in [1.807, 2.05) is 18.2 Å². The predicted molar refractivity (Wildman–Crippen MR) is 53.8 cm³/mol. The van der Waals surface area contributed by atoms with Crippen LogP contribution in [0.2, 0.25) is 0 Å². The largest absolute Gasteiger partial charge is 0.298 e. The zero-order valence-corrected chi connectivity index (χ0v) is 7.55. The number of hydrogen-bond acceptors (Lipinski definition) is 1. The molecule has 0 saturated heterocycles. The second-order valence-electron chi connectivity index (χ2n) is 3.49. The lowest BCUT2D eigenvalue weighted by Crippen LogP contribution is -2.01. The minimum Gasteiger partial charge on any atom is -0.298 e. The van der Waals surface area contributed by atoms with E-state index in [0.717, 1.165) is 31.1 Å². The molecule has 1 aliphatic rings. The van der Waals surface area contributed by atoms with Crippen molar-refractivity contribution in [2.75, 3.05) is 0 Å². The number of fused-ring (bicyclic) bond motifs is 1. The van der Waals surface area contributed by atoms with Gasteiger partial charge in [0, 0.05) is 5.56 Å². The van der Waals surface area contributed by atoms with E-state index < -0.39 is 0 Å². The normalized spacial score (nSPS) is 15.2. The lowest BCUT2D eigenvalue weighted by Gasteiger charge is -2.17. The molecule has 66 valence electrons. The third-order valence-electron chi connectivity index (χ3n) is 2.57. The number of aldehydes is 1. The fraction of sp³-hybridized carbons (Fsp3) is 0.250. The first-order chi connectivity index (χ1) is 6.31. The van der Waals surface area contributed by atoms with Gasteiger partial charge >= 0.3 is 0 Å². The fourth-order valence-electron chi connectivity index (χ4n) is 1.87. The van der Waals surface area contributed by atoms with Crippen LogP contribution in [0.5, 0.6) is 0 Å². The van der Waals surface area contributed by atoms with Crippen molar-refractivity contribution in [2.45, 2.75) is 19.3 Å². The fourth-order valence-corrected chi connectivity index (χ4v) is 1.87. The predicted octanol–water partition coefficient (Wildman–Crippen LogP) is 2.85. The third-order valence-corrected chi connectivity index (χ3v) is 2.57. The lowest BCUT2D eigenvalue weighted by molar-refractivity contribution is 0.112. The van der Waals surface area contributed by atoms with Gasteiger partial charge in [-0.1, -0.05) is 18.7 Å². The van der Waals surface area contributed by atoms with Gasteiger partial charge in [0.15, 0.2) is 0 Å². The van der Waals surface area contributed by atoms with Crippen molar-refractivity contribution in [1.29, 1.82) is 0 Å². The molecule has 0 amide bonds. The summed E-state index contributed by atoms with van der Waals surface area (Å²) in [6.45, 7) is 4.02. The number of allylic oxidation sites excluding steroid dienone is 1. The molecule has 0 N–H and O–H groups in total. The van der Waals surface area contributed by atoms with E-state index in [-0.39, 0.29) is 0 Å². The molecule has 1 aromatic rings. The van der Waals surface area contributed by atoms with Crippen molar-refractivity contribution in [1.82, 2.24) is 0 Å². The van der Waals surface area contributed by atoms with Crippen molar-refractivity contribution in [3.05, 3.63) is 41.5 Å². The average Bonchev–Trinajstić information content (AvgIpc) is 2.18. The van der Waals surface area contributed by atoms with Gasteiger partial charge in [-0.2, -0.15) is 0 Å². The molecule has 0 radical (unpaired) electrons. The quantitative estimate of drug-likeness (QED) is 0.595. The van der Waals surface area contributed by atoms with E-state index in [9.17, 15) is 4.79 Å². The van der Waals surface area contributed by atoms with Crippen molar-refractivity contribution < 1.29 is 4.79 Å². The van der Waals surface area contributed by atoms with Gasteiger partial charge in [0.2, 0.25) is 0 Å². The highest BCUT2D eigenvalue weighted by Crippen LogP contribution is 2.29. The van der Waals surface area contributed by atoms with E-state index in [1.54, 1.807) is 0 Å². The first-order valence-electron chi connectivity index (χ1n) is 4.57. The van der Waals surface area contributed by atoms with Crippen LogP contribution in [0.1, 0.15) is 34.3 Å². The molecule has 0 bridgehead atoms. The Morgan fingerprint density at radius 3 is 2.92 bits per heavy atom. The Labute approximate surface area is 78.1 Å². The maximum absolute atomic E-state index is 10.6. The van der Waals surface area contributed by atoms with Gasteiger partial charge in [0.1, 0.15) is 6.29 Å². The molecule has 0 fully saturated rings. The minimum absolute atomic E-state index is 0.772. The highest BCUT2D eigenvalue weighted by molar-refractivity contribution is 5.78. The SMILES string of the molecule is C=C1CCCc2cc(C=O)ccc21. The Morgan fingerprint density at radius 2 is 2.15 bits per heavy atom. The monoisotopic (exact) mass is 172 g/mol. The summed E-state index contributed by atoms with van der Waals surface area (Å²) in [6, 6.07) is 5.86. The number of aryl methyl sites for hydroxylation is 1. The summed E-state index contributed by atoms with van der Waals surface area (Å²) >= 11 is 0. The topological polar surface area (TPSA) is 17.1 Å². The van der Waals surface area contributed by atoms with Crippen LogP contribution in [0.25, 0.3) is 5.57 Å². The number of carbonyl (C=O) groups is 1. The Bertz CT molecular complexity index is 363. The molecular formula is C12H12O. The minimum atomic E-state index is 0.772. The van der Waals surface area contributed by atoms with Crippen molar-refractivity contribution >= 4 is 11.9 Å². The van der Waals surface area contributed by atoms with E-state index in [1.165, 1.54) is 16.7 Å². The van der Waals surface area contributed by atoms with Crippen LogP contribution in [0.3, 0.4) is 0 Å². The van der Waals surface area contributed by atoms with Gasteiger partial charge in [-0.15, -0.1) is 0 Å². The van der Waals surface area contributed by atoms with Crippen molar-refractivity contribution in [3.63, 3.8) is 0 Å². The molecule has 0 atom stereocenters. The highest BCUT2D eigenvalue weighted by Gasteiger charge is 2.12. The molecule has 2 rings (SSSR count). The second kappa shape index (κ2) is 3.17. The standard InChI is InChI=1S/C12H12O/c1-9-3-2-4-11-7-10(8-13)5-6-12(9)11/h5-8H,1-4H2. The van der Waals surface area contributed by atoms with Gasteiger partial charge in [0.25, 0.3) is 0 Å². The van der Waals surface area contributed by atoms with E-state index in [2.05, 4.69) is 6.58 Å². The molecular weight excluding hydrogens is 160 g/mol. The molecule has 13 heavy (non-hydrogen) atoms. The molecule has 0 heterocycles. The summed E-state index contributed by atoms with van der Waals surface area (Å²) in [7, 11) is 0. The van der Waals surface area contributed by atoms with Crippen molar-refractivity contribution in [2.24, 2.45) is 0 Å². The molecule has 0 aliphatic heterocycles. The molecule has 1 aliphatic carbocycles.